The first kappa shape index (κ1) is 9.50. The molecule has 0 aliphatic heterocycles. The van der Waals surface area contributed by atoms with Crippen molar-refractivity contribution in [3.63, 3.8) is 0 Å². The van der Waals surface area contributed by atoms with E-state index in [1.807, 2.05) is 0 Å². The molecule has 1 N–H and O–H groups in total. The predicted octanol–water partition coefficient (Wildman–Crippen LogP) is 1.16. The highest BCUT2D eigenvalue weighted by Crippen LogP contribution is 1.86. The third-order valence-corrected chi connectivity index (χ3v) is 0.856. The van der Waals surface area contributed by atoms with Gasteiger partial charge in [-0.05, 0) is 13.8 Å². The van der Waals surface area contributed by atoms with Gasteiger partial charge in [0.05, 0.1) is 12.7 Å². The van der Waals surface area contributed by atoms with E-state index in [1.54, 1.807) is 19.9 Å². The maximum Gasteiger partial charge on any atom is 0.411 e. The van der Waals surface area contributed by atoms with E-state index in [0.29, 0.717) is 12.3 Å². The molecule has 11 heavy (non-hydrogen) atoms. The van der Waals surface area contributed by atoms with Gasteiger partial charge in [-0.25, -0.2) is 4.79 Å². The summed E-state index contributed by atoms with van der Waals surface area (Å²) in [6.07, 6.45) is 0.702. The van der Waals surface area contributed by atoms with E-state index in [4.69, 9.17) is 5.26 Å². The van der Waals surface area contributed by atoms with Crippen molar-refractivity contribution in [2.45, 2.75) is 13.8 Å². The van der Waals surface area contributed by atoms with E-state index >= 15 is 0 Å². The number of carbonyl (C=O) groups excluding carboxylic acids is 1. The van der Waals surface area contributed by atoms with Crippen LogP contribution in [0.15, 0.2) is 11.8 Å². The molecule has 4 nitrogen and oxygen atoms in total. The van der Waals surface area contributed by atoms with Crippen molar-refractivity contribution in [2.75, 3.05) is 6.61 Å². The minimum atomic E-state index is -0.531. The molecule has 0 fully saturated rings. The zero-order valence-corrected chi connectivity index (χ0v) is 6.55. The van der Waals surface area contributed by atoms with Crippen LogP contribution in [0.1, 0.15) is 13.8 Å². The zero-order valence-electron chi connectivity index (χ0n) is 6.55. The van der Waals surface area contributed by atoms with Crippen LogP contribution >= 0.6 is 0 Å². The van der Waals surface area contributed by atoms with Crippen molar-refractivity contribution in [3.05, 3.63) is 11.8 Å². The minimum absolute atomic E-state index is 0.325. The third-order valence-electron chi connectivity index (χ3n) is 0.856. The number of hydrogen-bond acceptors (Lipinski definition) is 3. The molecule has 0 saturated heterocycles. The summed E-state index contributed by atoms with van der Waals surface area (Å²) < 4.78 is 4.56. The molecule has 0 aliphatic rings. The first-order valence-corrected chi connectivity index (χ1v) is 3.20. The largest absolute Gasteiger partial charge is 0.450 e. The number of nitriles is 1. The van der Waals surface area contributed by atoms with Gasteiger partial charge in [-0.3, -0.25) is 5.32 Å². The van der Waals surface area contributed by atoms with Gasteiger partial charge in [-0.2, -0.15) is 5.26 Å². The Balaban J connectivity index is 3.77. The highest BCUT2D eigenvalue weighted by Gasteiger charge is 1.98. The van der Waals surface area contributed by atoms with E-state index in [9.17, 15) is 4.79 Å². The lowest BCUT2D eigenvalue weighted by Crippen LogP contribution is -2.22. The van der Waals surface area contributed by atoms with E-state index in [1.165, 1.54) is 6.08 Å². The van der Waals surface area contributed by atoms with Gasteiger partial charge in [-0.1, -0.05) is 0 Å². The molecule has 0 rings (SSSR count). The lowest BCUT2D eigenvalue weighted by Gasteiger charge is -2.02. The third kappa shape index (κ3) is 4.97. The number of carbonyl (C=O) groups is 1. The average molecular weight is 154 g/mol. The number of nitrogens with zero attached hydrogens (tertiary/aromatic N) is 1. The molecule has 0 atom stereocenters. The SMILES string of the molecule is CCOC(=O)N/C(C)=C\C#N. The second-order valence-electron chi connectivity index (χ2n) is 1.80. The van der Waals surface area contributed by atoms with Crippen LogP contribution in [0.5, 0.6) is 0 Å². The maximum absolute atomic E-state index is 10.6. The molecule has 0 spiro atoms. The summed E-state index contributed by atoms with van der Waals surface area (Å²) in [6.45, 7) is 3.65. The second kappa shape index (κ2) is 5.30. The number of allylic oxidation sites excluding steroid dienone is 2. The van der Waals surface area contributed by atoms with Gasteiger partial charge < -0.3 is 4.74 Å². The maximum atomic E-state index is 10.6. The Morgan fingerprint density at radius 3 is 2.91 bits per heavy atom. The average Bonchev–Trinajstić information content (AvgIpc) is 1.87. The van der Waals surface area contributed by atoms with Gasteiger partial charge in [0.2, 0.25) is 0 Å². The molecule has 1 amide bonds. The number of rotatable bonds is 2. The predicted molar refractivity (Wildman–Crippen MR) is 39.5 cm³/mol. The van der Waals surface area contributed by atoms with Gasteiger partial charge in [0.25, 0.3) is 0 Å². The summed E-state index contributed by atoms with van der Waals surface area (Å²) in [7, 11) is 0. The smallest absolute Gasteiger partial charge is 0.411 e. The van der Waals surface area contributed by atoms with Crippen LogP contribution < -0.4 is 5.32 Å². The molecular weight excluding hydrogens is 144 g/mol. The second-order valence-corrected chi connectivity index (χ2v) is 1.80. The quantitative estimate of drug-likeness (QED) is 0.607. The summed E-state index contributed by atoms with van der Waals surface area (Å²) in [6, 6.07) is 1.78. The molecule has 0 saturated carbocycles. The van der Waals surface area contributed by atoms with Crippen LogP contribution in [0.2, 0.25) is 0 Å². The van der Waals surface area contributed by atoms with Crippen molar-refractivity contribution in [1.82, 2.24) is 5.32 Å². The summed E-state index contributed by atoms with van der Waals surface area (Å²) in [4.78, 5) is 10.6. The van der Waals surface area contributed by atoms with E-state index in [0.717, 1.165) is 0 Å². The zero-order chi connectivity index (χ0) is 8.69. The lowest BCUT2D eigenvalue weighted by atomic mass is 10.4. The molecule has 0 aromatic carbocycles. The standard InChI is InChI=1S/C7H10N2O2/c1-3-11-7(10)9-6(2)4-5-8/h4H,3H2,1-2H3,(H,9,10)/b6-4-. The van der Waals surface area contributed by atoms with Crippen LogP contribution in [0.3, 0.4) is 0 Å². The van der Waals surface area contributed by atoms with Crippen molar-refractivity contribution < 1.29 is 9.53 Å². The Labute approximate surface area is 65.5 Å². The van der Waals surface area contributed by atoms with Crippen molar-refractivity contribution in [1.29, 1.82) is 5.26 Å². The summed E-state index contributed by atoms with van der Waals surface area (Å²) in [5.41, 5.74) is 0.478. The number of amides is 1. The molecule has 0 radical (unpaired) electrons. The van der Waals surface area contributed by atoms with Crippen molar-refractivity contribution >= 4 is 6.09 Å². The Bertz CT molecular complexity index is 203. The van der Waals surface area contributed by atoms with Crippen LogP contribution in [-0.2, 0) is 4.74 Å². The molecular formula is C7H10N2O2. The fourth-order valence-corrected chi connectivity index (χ4v) is 0.461. The Morgan fingerprint density at radius 1 is 1.82 bits per heavy atom. The normalized spacial score (nSPS) is 10.1. The summed E-state index contributed by atoms with van der Waals surface area (Å²) >= 11 is 0. The molecule has 60 valence electrons. The van der Waals surface area contributed by atoms with Gasteiger partial charge in [0.15, 0.2) is 0 Å². The fraction of sp³-hybridized carbons (Fsp3) is 0.429. The summed E-state index contributed by atoms with van der Waals surface area (Å²) in [5, 5.41) is 10.5. The van der Waals surface area contributed by atoms with Gasteiger partial charge in [0, 0.05) is 11.8 Å². The van der Waals surface area contributed by atoms with E-state index in [-0.39, 0.29) is 0 Å². The molecule has 0 aromatic rings. The van der Waals surface area contributed by atoms with E-state index in [2.05, 4.69) is 10.1 Å². The van der Waals surface area contributed by atoms with Gasteiger partial charge in [0.1, 0.15) is 0 Å². The monoisotopic (exact) mass is 154 g/mol. The van der Waals surface area contributed by atoms with Crippen LogP contribution in [0, 0.1) is 11.3 Å². The molecule has 0 heterocycles. The number of ether oxygens (including phenoxy) is 1. The van der Waals surface area contributed by atoms with Crippen LogP contribution in [0.25, 0.3) is 0 Å². The molecule has 0 unspecified atom stereocenters. The Kier molecular flexibility index (Phi) is 4.58. The first-order chi connectivity index (χ1) is 5.20. The highest BCUT2D eigenvalue weighted by atomic mass is 16.5. The van der Waals surface area contributed by atoms with Gasteiger partial charge >= 0.3 is 6.09 Å². The van der Waals surface area contributed by atoms with Crippen molar-refractivity contribution in [3.8, 4) is 6.07 Å². The minimum Gasteiger partial charge on any atom is -0.450 e. The Morgan fingerprint density at radius 2 is 2.45 bits per heavy atom. The first-order valence-electron chi connectivity index (χ1n) is 3.20. The van der Waals surface area contributed by atoms with Crippen molar-refractivity contribution in [2.24, 2.45) is 0 Å². The fourth-order valence-electron chi connectivity index (χ4n) is 0.461. The van der Waals surface area contributed by atoms with E-state index < -0.39 is 6.09 Å². The summed E-state index contributed by atoms with van der Waals surface area (Å²) in [5.74, 6) is 0. The van der Waals surface area contributed by atoms with Crippen LogP contribution in [-0.4, -0.2) is 12.7 Å². The topological polar surface area (TPSA) is 62.1 Å². The number of nitrogens with one attached hydrogen (secondary N) is 1. The highest BCUT2D eigenvalue weighted by molar-refractivity contribution is 5.69. The van der Waals surface area contributed by atoms with Gasteiger partial charge in [-0.15, -0.1) is 0 Å². The lowest BCUT2D eigenvalue weighted by molar-refractivity contribution is 0.155. The molecule has 0 bridgehead atoms. The Hall–Kier alpha value is -1.50. The van der Waals surface area contributed by atoms with Crippen LogP contribution in [0.4, 0.5) is 4.79 Å². The molecule has 4 heteroatoms. The number of hydrogen-bond donors (Lipinski definition) is 1. The number of alkyl carbamates (subject to hydrolysis) is 1. The molecule has 0 aliphatic carbocycles. The molecule has 0 aromatic heterocycles.